The minimum absolute atomic E-state index is 0.0274. The molecule has 0 saturated carbocycles. The summed E-state index contributed by atoms with van der Waals surface area (Å²) in [5.74, 6) is 0.335. The van der Waals surface area contributed by atoms with E-state index in [9.17, 15) is 4.79 Å². The lowest BCUT2D eigenvalue weighted by Crippen LogP contribution is -2.51. The molecule has 0 fully saturated rings. The maximum Gasteiger partial charge on any atom is 0.155 e. The van der Waals surface area contributed by atoms with Crippen molar-refractivity contribution in [3.8, 4) is 0 Å². The van der Waals surface area contributed by atoms with Gasteiger partial charge in [0.15, 0.2) is 5.78 Å². The van der Waals surface area contributed by atoms with Crippen molar-refractivity contribution in [3.63, 3.8) is 0 Å². The number of Topliss-reactive ketones (excluding diaryl/α,β-unsaturated/α-hetero) is 1. The molecule has 0 saturated heterocycles. The third-order valence-electron chi connectivity index (χ3n) is 4.41. The second kappa shape index (κ2) is 7.06. The van der Waals surface area contributed by atoms with Crippen LogP contribution in [-0.2, 0) is 4.79 Å². The zero-order valence-corrected chi connectivity index (χ0v) is 15.3. The van der Waals surface area contributed by atoms with Gasteiger partial charge >= 0.3 is 0 Å². The van der Waals surface area contributed by atoms with E-state index in [4.69, 9.17) is 0 Å². The average molecular weight is 284 g/mol. The van der Waals surface area contributed by atoms with Crippen molar-refractivity contribution in [2.45, 2.75) is 99.6 Å². The Bertz CT molecular complexity index is 302. The number of carbonyl (C=O) groups excluding carboxylic acids is 1. The van der Waals surface area contributed by atoms with Gasteiger partial charge in [0.25, 0.3) is 0 Å². The summed E-state index contributed by atoms with van der Waals surface area (Å²) in [5, 5.41) is 3.53. The quantitative estimate of drug-likeness (QED) is 0.715. The van der Waals surface area contributed by atoms with Crippen molar-refractivity contribution in [2.75, 3.05) is 0 Å². The molecule has 0 rings (SSSR count). The molecular weight excluding hydrogens is 246 g/mol. The number of ketones is 1. The van der Waals surface area contributed by atoms with Gasteiger partial charge in [-0.2, -0.15) is 0 Å². The van der Waals surface area contributed by atoms with Crippen LogP contribution < -0.4 is 5.32 Å². The summed E-state index contributed by atoms with van der Waals surface area (Å²) in [6, 6.07) is -0.0348. The van der Waals surface area contributed by atoms with Crippen LogP contribution in [-0.4, -0.2) is 17.4 Å². The van der Waals surface area contributed by atoms with Gasteiger partial charge in [0.1, 0.15) is 0 Å². The molecule has 0 heterocycles. The van der Waals surface area contributed by atoms with E-state index >= 15 is 0 Å². The van der Waals surface area contributed by atoms with Gasteiger partial charge in [-0.3, -0.25) is 4.79 Å². The van der Waals surface area contributed by atoms with E-state index in [1.807, 2.05) is 20.8 Å². The molecule has 0 aromatic heterocycles. The first-order valence-electron chi connectivity index (χ1n) is 8.16. The summed E-state index contributed by atoms with van der Waals surface area (Å²) in [4.78, 5) is 12.7. The van der Waals surface area contributed by atoms with Crippen molar-refractivity contribution in [2.24, 2.45) is 10.8 Å². The minimum atomic E-state index is -0.280. The molecular formula is C18H37NO. The molecule has 0 amide bonds. The molecule has 0 aromatic carbocycles. The molecule has 1 N–H and O–H groups in total. The van der Waals surface area contributed by atoms with Crippen molar-refractivity contribution < 1.29 is 4.79 Å². The summed E-state index contributed by atoms with van der Waals surface area (Å²) in [5.41, 5.74) is 0.0497. The zero-order chi connectivity index (χ0) is 16.2. The second-order valence-corrected chi connectivity index (χ2v) is 8.62. The van der Waals surface area contributed by atoms with Crippen LogP contribution in [0.3, 0.4) is 0 Å². The van der Waals surface area contributed by atoms with Crippen molar-refractivity contribution in [3.05, 3.63) is 0 Å². The van der Waals surface area contributed by atoms with Gasteiger partial charge < -0.3 is 5.32 Å². The second-order valence-electron chi connectivity index (χ2n) is 8.62. The van der Waals surface area contributed by atoms with Crippen LogP contribution in [0.4, 0.5) is 0 Å². The molecule has 0 bridgehead atoms. The molecule has 0 spiro atoms. The summed E-state index contributed by atoms with van der Waals surface area (Å²) < 4.78 is 0. The van der Waals surface area contributed by atoms with Crippen LogP contribution in [0.1, 0.15) is 88.0 Å². The standard InChI is InChI=1S/C18H37NO/c1-10-18(9,11-2)13-12-14(19-17(6,7)8)15(20)16(3,4)5/h14,19H,10-13H2,1-9H3. The number of carbonyl (C=O) groups is 1. The van der Waals surface area contributed by atoms with E-state index in [1.54, 1.807) is 0 Å². The highest BCUT2D eigenvalue weighted by atomic mass is 16.1. The Labute approximate surface area is 127 Å². The Morgan fingerprint density at radius 2 is 1.40 bits per heavy atom. The molecule has 0 aromatic rings. The van der Waals surface area contributed by atoms with Crippen molar-refractivity contribution >= 4 is 5.78 Å². The Hall–Kier alpha value is -0.370. The van der Waals surface area contributed by atoms with Gasteiger partial charge in [-0.05, 0) is 39.0 Å². The molecule has 20 heavy (non-hydrogen) atoms. The van der Waals surface area contributed by atoms with Gasteiger partial charge in [0.05, 0.1) is 6.04 Å². The molecule has 2 nitrogen and oxygen atoms in total. The lowest BCUT2D eigenvalue weighted by molar-refractivity contribution is -0.129. The number of rotatable bonds is 7. The molecule has 1 unspecified atom stereocenters. The molecule has 0 aliphatic heterocycles. The van der Waals surface area contributed by atoms with Crippen LogP contribution in [0.5, 0.6) is 0 Å². The molecule has 120 valence electrons. The SMILES string of the molecule is CCC(C)(CC)CCC(NC(C)(C)C)C(=O)C(C)(C)C. The minimum Gasteiger partial charge on any atom is -0.303 e. The van der Waals surface area contributed by atoms with Crippen LogP contribution in [0.2, 0.25) is 0 Å². The average Bonchev–Trinajstić information content (AvgIpc) is 2.30. The Kier molecular flexibility index (Phi) is 6.93. The van der Waals surface area contributed by atoms with E-state index in [0.717, 1.165) is 12.8 Å². The van der Waals surface area contributed by atoms with Gasteiger partial charge in [-0.15, -0.1) is 0 Å². The third kappa shape index (κ3) is 6.88. The monoisotopic (exact) mass is 283 g/mol. The largest absolute Gasteiger partial charge is 0.303 e. The molecule has 1 atom stereocenters. The lowest BCUT2D eigenvalue weighted by Gasteiger charge is -2.34. The Morgan fingerprint density at radius 3 is 1.70 bits per heavy atom. The van der Waals surface area contributed by atoms with E-state index in [0.29, 0.717) is 11.2 Å². The Morgan fingerprint density at radius 1 is 0.950 bits per heavy atom. The predicted molar refractivity (Wildman–Crippen MR) is 89.1 cm³/mol. The van der Waals surface area contributed by atoms with E-state index in [-0.39, 0.29) is 17.0 Å². The lowest BCUT2D eigenvalue weighted by atomic mass is 9.76. The predicted octanol–water partition coefficient (Wildman–Crippen LogP) is 4.96. The summed E-state index contributed by atoms with van der Waals surface area (Å²) in [6.07, 6.45) is 4.39. The third-order valence-corrected chi connectivity index (χ3v) is 4.41. The van der Waals surface area contributed by atoms with Gasteiger partial charge in [0.2, 0.25) is 0 Å². The highest BCUT2D eigenvalue weighted by molar-refractivity contribution is 5.88. The maximum atomic E-state index is 12.7. The first kappa shape index (κ1) is 19.6. The first-order chi connectivity index (χ1) is 8.84. The van der Waals surface area contributed by atoms with Gasteiger partial charge in [-0.1, -0.05) is 54.4 Å². The number of nitrogens with one attached hydrogen (secondary N) is 1. The van der Waals surface area contributed by atoms with Crippen molar-refractivity contribution in [1.82, 2.24) is 5.32 Å². The summed E-state index contributed by atoms with van der Waals surface area (Å²) in [7, 11) is 0. The topological polar surface area (TPSA) is 29.1 Å². The molecule has 0 radical (unpaired) electrons. The van der Waals surface area contributed by atoms with E-state index in [2.05, 4.69) is 46.9 Å². The fourth-order valence-electron chi connectivity index (χ4n) is 2.41. The number of hydrogen-bond acceptors (Lipinski definition) is 2. The van der Waals surface area contributed by atoms with E-state index < -0.39 is 0 Å². The highest BCUT2D eigenvalue weighted by Crippen LogP contribution is 2.33. The summed E-state index contributed by atoms with van der Waals surface area (Å²) >= 11 is 0. The molecule has 0 aliphatic carbocycles. The molecule has 2 heteroatoms. The fourth-order valence-corrected chi connectivity index (χ4v) is 2.41. The normalized spacial score (nSPS) is 15.2. The zero-order valence-electron chi connectivity index (χ0n) is 15.3. The molecule has 0 aliphatic rings. The smallest absolute Gasteiger partial charge is 0.155 e. The fraction of sp³-hybridized carbons (Fsp3) is 0.944. The summed E-state index contributed by atoms with van der Waals surface area (Å²) in [6.45, 7) is 19.3. The van der Waals surface area contributed by atoms with E-state index in [1.165, 1.54) is 12.8 Å². The first-order valence-corrected chi connectivity index (χ1v) is 8.16. The van der Waals surface area contributed by atoms with Gasteiger partial charge in [0, 0.05) is 11.0 Å². The Balaban J connectivity index is 4.93. The highest BCUT2D eigenvalue weighted by Gasteiger charge is 2.33. The van der Waals surface area contributed by atoms with Crippen LogP contribution >= 0.6 is 0 Å². The maximum absolute atomic E-state index is 12.7. The van der Waals surface area contributed by atoms with Gasteiger partial charge in [-0.25, -0.2) is 0 Å². The number of hydrogen-bond donors (Lipinski definition) is 1. The van der Waals surface area contributed by atoms with Crippen LogP contribution in [0.25, 0.3) is 0 Å². The van der Waals surface area contributed by atoms with Crippen LogP contribution in [0, 0.1) is 10.8 Å². The van der Waals surface area contributed by atoms with Crippen molar-refractivity contribution in [1.29, 1.82) is 0 Å². The van der Waals surface area contributed by atoms with Crippen LogP contribution in [0.15, 0.2) is 0 Å².